The molecule has 184 valence electrons. The maximum atomic E-state index is 9.57. The molecule has 0 aliphatic carbocycles. The van der Waals surface area contributed by atoms with Crippen LogP contribution in [0, 0.1) is 11.3 Å². The summed E-state index contributed by atoms with van der Waals surface area (Å²) in [6, 6.07) is 52.1. The summed E-state index contributed by atoms with van der Waals surface area (Å²) in [6.07, 6.45) is 0. The zero-order valence-corrected chi connectivity index (χ0v) is 21.7. The largest absolute Gasteiger partial charge is 0.192 e. The molecule has 0 heterocycles. The predicted molar refractivity (Wildman–Crippen MR) is 169 cm³/mol. The summed E-state index contributed by atoms with van der Waals surface area (Å²) in [4.78, 5) is 0. The predicted octanol–water partition coefficient (Wildman–Crippen LogP) is 10.6. The van der Waals surface area contributed by atoms with Crippen molar-refractivity contribution in [3.05, 3.63) is 145 Å². The van der Waals surface area contributed by atoms with Crippen LogP contribution in [-0.4, -0.2) is 0 Å². The first-order valence-corrected chi connectivity index (χ1v) is 13.6. The Hall–Kier alpha value is -5.45. The molecule has 0 fully saturated rings. The van der Waals surface area contributed by atoms with E-state index in [1.54, 1.807) is 0 Å². The van der Waals surface area contributed by atoms with Gasteiger partial charge in [-0.25, -0.2) is 0 Å². The van der Waals surface area contributed by atoms with Gasteiger partial charge < -0.3 is 0 Å². The van der Waals surface area contributed by atoms with Crippen LogP contribution >= 0.6 is 0 Å². The molecule has 0 saturated carbocycles. The molecule has 0 saturated heterocycles. The van der Waals surface area contributed by atoms with Crippen molar-refractivity contribution in [3.8, 4) is 39.4 Å². The molecule has 8 rings (SSSR count). The molecule has 8 aromatic rings. The van der Waals surface area contributed by atoms with Crippen LogP contribution in [0.5, 0.6) is 0 Å². The molecule has 0 unspecified atom stereocenters. The fourth-order valence-corrected chi connectivity index (χ4v) is 6.28. The van der Waals surface area contributed by atoms with Crippen LogP contribution in [-0.2, 0) is 0 Å². The first kappa shape index (κ1) is 22.5. The van der Waals surface area contributed by atoms with E-state index in [0.29, 0.717) is 5.56 Å². The van der Waals surface area contributed by atoms with Crippen LogP contribution < -0.4 is 0 Å². The normalized spacial score (nSPS) is 11.5. The Kier molecular flexibility index (Phi) is 4.96. The molecule has 0 amide bonds. The van der Waals surface area contributed by atoms with Crippen LogP contribution in [0.25, 0.3) is 76.5 Å². The fraction of sp³-hybridized carbons (Fsp3) is 0. The van der Waals surface area contributed by atoms with Crippen molar-refractivity contribution in [3.63, 3.8) is 0 Å². The minimum atomic E-state index is 0.692. The average molecular weight is 506 g/mol. The standard InChI is InChI=1S/C39H23N/c40-24-34-5-1-2-10-35(34)32-9-4-8-28(22-32)29-13-14-31-23-33(16-15-30(31)21-29)36-19-17-27-12-11-25-6-3-7-26-18-20-37(36)39(27)38(25)26/h1-23H. The van der Waals surface area contributed by atoms with Gasteiger partial charge in [-0.3, -0.25) is 0 Å². The summed E-state index contributed by atoms with van der Waals surface area (Å²) in [5, 5.41) is 19.9. The minimum absolute atomic E-state index is 0.692. The number of nitrogens with zero attached hydrogens (tertiary/aromatic N) is 1. The van der Waals surface area contributed by atoms with Gasteiger partial charge in [0.05, 0.1) is 11.6 Å². The molecular formula is C39H23N. The Morgan fingerprint density at radius 1 is 0.375 bits per heavy atom. The Bertz CT molecular complexity index is 2270. The fourth-order valence-electron chi connectivity index (χ4n) is 6.28. The first-order valence-electron chi connectivity index (χ1n) is 13.6. The van der Waals surface area contributed by atoms with Gasteiger partial charge in [-0.1, -0.05) is 115 Å². The summed E-state index contributed by atoms with van der Waals surface area (Å²) < 4.78 is 0. The van der Waals surface area contributed by atoms with Crippen molar-refractivity contribution in [2.45, 2.75) is 0 Å². The van der Waals surface area contributed by atoms with Crippen LogP contribution in [0.2, 0.25) is 0 Å². The summed E-state index contributed by atoms with van der Waals surface area (Å²) in [5.41, 5.74) is 7.51. The summed E-state index contributed by atoms with van der Waals surface area (Å²) in [7, 11) is 0. The van der Waals surface area contributed by atoms with E-state index in [2.05, 4.69) is 121 Å². The maximum absolute atomic E-state index is 9.57. The SMILES string of the molecule is N#Cc1ccccc1-c1cccc(-c2ccc3cc(-c4ccc5ccc6cccc7ccc4c5c67)ccc3c2)c1. The molecule has 1 heteroatoms. The van der Waals surface area contributed by atoms with Crippen LogP contribution in [0.4, 0.5) is 0 Å². The van der Waals surface area contributed by atoms with E-state index in [-0.39, 0.29) is 0 Å². The highest BCUT2D eigenvalue weighted by atomic mass is 14.2. The molecule has 0 spiro atoms. The molecule has 1 nitrogen and oxygen atoms in total. The Morgan fingerprint density at radius 3 is 1.77 bits per heavy atom. The number of benzene rings is 8. The number of hydrogen-bond donors (Lipinski definition) is 0. The van der Waals surface area contributed by atoms with Gasteiger partial charge in [0, 0.05) is 0 Å². The molecule has 0 bridgehead atoms. The summed E-state index contributed by atoms with van der Waals surface area (Å²) >= 11 is 0. The summed E-state index contributed by atoms with van der Waals surface area (Å²) in [5.74, 6) is 0. The third-order valence-electron chi connectivity index (χ3n) is 8.23. The van der Waals surface area contributed by atoms with Crippen molar-refractivity contribution in [1.29, 1.82) is 5.26 Å². The summed E-state index contributed by atoms with van der Waals surface area (Å²) in [6.45, 7) is 0. The highest BCUT2D eigenvalue weighted by molar-refractivity contribution is 6.25. The minimum Gasteiger partial charge on any atom is -0.192 e. The molecule has 0 atom stereocenters. The highest BCUT2D eigenvalue weighted by Crippen LogP contribution is 2.40. The third-order valence-corrected chi connectivity index (χ3v) is 8.23. The highest BCUT2D eigenvalue weighted by Gasteiger charge is 2.13. The van der Waals surface area contributed by atoms with Crippen molar-refractivity contribution >= 4 is 43.1 Å². The van der Waals surface area contributed by atoms with Gasteiger partial charge in [0.15, 0.2) is 0 Å². The second-order valence-electron chi connectivity index (χ2n) is 10.5. The quantitative estimate of drug-likeness (QED) is 0.219. The van der Waals surface area contributed by atoms with Gasteiger partial charge >= 0.3 is 0 Å². The smallest absolute Gasteiger partial charge is 0.0998 e. The second kappa shape index (κ2) is 8.80. The zero-order chi connectivity index (χ0) is 26.6. The molecule has 0 aliphatic heterocycles. The van der Waals surface area contributed by atoms with Gasteiger partial charge in [-0.05, 0) is 101 Å². The molecule has 0 N–H and O–H groups in total. The van der Waals surface area contributed by atoms with Crippen molar-refractivity contribution in [2.75, 3.05) is 0 Å². The van der Waals surface area contributed by atoms with Crippen molar-refractivity contribution in [2.24, 2.45) is 0 Å². The van der Waals surface area contributed by atoms with Gasteiger partial charge in [0.2, 0.25) is 0 Å². The lowest BCUT2D eigenvalue weighted by atomic mass is 9.89. The average Bonchev–Trinajstić information content (AvgIpc) is 3.03. The van der Waals surface area contributed by atoms with E-state index >= 15 is 0 Å². The van der Waals surface area contributed by atoms with Crippen molar-refractivity contribution < 1.29 is 0 Å². The van der Waals surface area contributed by atoms with E-state index in [1.807, 2.05) is 24.3 Å². The number of rotatable bonds is 3. The van der Waals surface area contributed by atoms with Crippen molar-refractivity contribution in [1.82, 2.24) is 0 Å². The van der Waals surface area contributed by atoms with Gasteiger partial charge in [-0.2, -0.15) is 5.26 Å². The number of nitriles is 1. The molecule has 40 heavy (non-hydrogen) atoms. The van der Waals surface area contributed by atoms with Gasteiger partial charge in [0.25, 0.3) is 0 Å². The first-order chi connectivity index (χ1) is 19.8. The van der Waals surface area contributed by atoms with E-state index in [0.717, 1.165) is 16.7 Å². The maximum Gasteiger partial charge on any atom is 0.0998 e. The van der Waals surface area contributed by atoms with E-state index in [4.69, 9.17) is 0 Å². The Morgan fingerprint density at radius 2 is 0.950 bits per heavy atom. The second-order valence-corrected chi connectivity index (χ2v) is 10.5. The zero-order valence-electron chi connectivity index (χ0n) is 21.7. The molecule has 8 aromatic carbocycles. The topological polar surface area (TPSA) is 23.8 Å². The lowest BCUT2D eigenvalue weighted by molar-refractivity contribution is 1.48. The number of hydrogen-bond acceptors (Lipinski definition) is 1. The van der Waals surface area contributed by atoms with E-state index in [9.17, 15) is 5.26 Å². The lowest BCUT2D eigenvalue weighted by Crippen LogP contribution is -1.88. The Labute approximate surface area is 232 Å². The molecular weight excluding hydrogens is 482 g/mol. The lowest BCUT2D eigenvalue weighted by Gasteiger charge is -2.14. The monoisotopic (exact) mass is 505 g/mol. The van der Waals surface area contributed by atoms with Crippen LogP contribution in [0.15, 0.2) is 140 Å². The molecule has 0 aliphatic rings. The van der Waals surface area contributed by atoms with Crippen LogP contribution in [0.3, 0.4) is 0 Å². The van der Waals surface area contributed by atoms with E-state index < -0.39 is 0 Å². The third kappa shape index (κ3) is 3.48. The number of fused-ring (bicyclic) bond motifs is 1. The van der Waals surface area contributed by atoms with Crippen LogP contribution in [0.1, 0.15) is 5.56 Å². The Balaban J connectivity index is 1.22. The molecule has 0 aromatic heterocycles. The van der Waals surface area contributed by atoms with Gasteiger partial charge in [-0.15, -0.1) is 0 Å². The van der Waals surface area contributed by atoms with E-state index in [1.165, 1.54) is 59.8 Å². The molecule has 0 radical (unpaired) electrons. The van der Waals surface area contributed by atoms with Gasteiger partial charge in [0.1, 0.15) is 0 Å².